The van der Waals surface area contributed by atoms with Gasteiger partial charge in [-0.1, -0.05) is 6.42 Å². The van der Waals surface area contributed by atoms with Crippen molar-refractivity contribution in [3.8, 4) is 0 Å². The van der Waals surface area contributed by atoms with E-state index in [1.165, 1.54) is 0 Å². The SMILES string of the molecule is FC(F)(F)SCCNC1CCCC(C(F)(F)F)C1. The molecule has 0 aliphatic heterocycles. The lowest BCUT2D eigenvalue weighted by Gasteiger charge is -2.31. The molecule has 0 amide bonds. The molecule has 18 heavy (non-hydrogen) atoms. The Labute approximate surface area is 106 Å². The minimum atomic E-state index is -4.28. The average molecular weight is 295 g/mol. The van der Waals surface area contributed by atoms with E-state index in [1.54, 1.807) is 0 Å². The zero-order valence-electron chi connectivity index (χ0n) is 9.57. The predicted molar refractivity (Wildman–Crippen MR) is 58.3 cm³/mol. The molecule has 0 heterocycles. The average Bonchev–Trinajstić information content (AvgIpc) is 2.22. The molecule has 1 aliphatic carbocycles. The minimum absolute atomic E-state index is 0.0276. The van der Waals surface area contributed by atoms with Crippen molar-refractivity contribution in [2.75, 3.05) is 12.3 Å². The first-order chi connectivity index (χ1) is 8.18. The number of hydrogen-bond donors (Lipinski definition) is 1. The zero-order valence-corrected chi connectivity index (χ0v) is 10.4. The van der Waals surface area contributed by atoms with Crippen molar-refractivity contribution in [2.24, 2.45) is 5.92 Å². The van der Waals surface area contributed by atoms with Crippen LogP contribution in [0, 0.1) is 5.92 Å². The predicted octanol–water partition coefficient (Wildman–Crippen LogP) is 3.95. The summed E-state index contributed by atoms with van der Waals surface area (Å²) in [6, 6.07) is -0.320. The highest BCUT2D eigenvalue weighted by atomic mass is 32.2. The van der Waals surface area contributed by atoms with Crippen molar-refractivity contribution in [2.45, 2.75) is 43.4 Å². The molecule has 1 rings (SSSR count). The standard InChI is InChI=1S/C10H15F6NS/c11-9(12,13)7-2-1-3-8(6-7)17-4-5-18-10(14,15)16/h7-8,17H,1-6H2. The normalized spacial score (nSPS) is 26.3. The molecule has 2 unspecified atom stereocenters. The molecule has 1 saturated carbocycles. The molecule has 108 valence electrons. The second-order valence-corrected chi connectivity index (χ2v) is 5.51. The van der Waals surface area contributed by atoms with E-state index in [2.05, 4.69) is 5.32 Å². The fourth-order valence-corrected chi connectivity index (χ4v) is 2.55. The van der Waals surface area contributed by atoms with E-state index in [1.807, 2.05) is 0 Å². The third kappa shape index (κ3) is 6.17. The van der Waals surface area contributed by atoms with Gasteiger partial charge in [0.2, 0.25) is 0 Å². The van der Waals surface area contributed by atoms with Crippen LogP contribution in [0.1, 0.15) is 25.7 Å². The molecule has 8 heteroatoms. The van der Waals surface area contributed by atoms with Crippen LogP contribution in [-0.2, 0) is 0 Å². The fourth-order valence-electron chi connectivity index (χ4n) is 2.10. The molecule has 0 aromatic heterocycles. The molecular weight excluding hydrogens is 280 g/mol. The lowest BCUT2D eigenvalue weighted by atomic mass is 9.85. The van der Waals surface area contributed by atoms with Gasteiger partial charge in [0.25, 0.3) is 0 Å². The summed E-state index contributed by atoms with van der Waals surface area (Å²) in [5.74, 6) is -1.49. The van der Waals surface area contributed by atoms with Crippen LogP contribution in [0.2, 0.25) is 0 Å². The topological polar surface area (TPSA) is 12.0 Å². The molecular formula is C10H15F6NS. The van der Waals surface area contributed by atoms with E-state index >= 15 is 0 Å². The first-order valence-corrected chi connectivity index (χ1v) is 6.68. The first kappa shape index (κ1) is 15.9. The zero-order chi connectivity index (χ0) is 13.8. The van der Waals surface area contributed by atoms with Crippen molar-refractivity contribution in [3.63, 3.8) is 0 Å². The van der Waals surface area contributed by atoms with Crippen molar-refractivity contribution in [1.29, 1.82) is 0 Å². The Morgan fingerprint density at radius 3 is 2.28 bits per heavy atom. The van der Waals surface area contributed by atoms with E-state index in [0.29, 0.717) is 12.8 Å². The van der Waals surface area contributed by atoms with Gasteiger partial charge in [-0.05, 0) is 31.0 Å². The number of nitrogens with one attached hydrogen (secondary N) is 1. The van der Waals surface area contributed by atoms with Crippen LogP contribution in [0.15, 0.2) is 0 Å². The highest BCUT2D eigenvalue weighted by Gasteiger charge is 2.42. The van der Waals surface area contributed by atoms with Crippen molar-refractivity contribution in [1.82, 2.24) is 5.32 Å². The summed E-state index contributed by atoms with van der Waals surface area (Å²) in [6.45, 7) is 0.0828. The Balaban J connectivity index is 2.23. The summed E-state index contributed by atoms with van der Waals surface area (Å²) >= 11 is -0.156. The largest absolute Gasteiger partial charge is 0.441 e. The number of rotatable bonds is 4. The molecule has 0 aromatic carbocycles. The summed E-state index contributed by atoms with van der Waals surface area (Å²) in [7, 11) is 0. The minimum Gasteiger partial charge on any atom is -0.313 e. The molecule has 0 bridgehead atoms. The van der Waals surface area contributed by atoms with E-state index in [4.69, 9.17) is 0 Å². The summed E-state index contributed by atoms with van der Waals surface area (Å²) < 4.78 is 72.9. The van der Waals surface area contributed by atoms with Gasteiger partial charge in [0.1, 0.15) is 0 Å². The lowest BCUT2D eigenvalue weighted by molar-refractivity contribution is -0.183. The first-order valence-electron chi connectivity index (χ1n) is 5.69. The van der Waals surface area contributed by atoms with Gasteiger partial charge in [-0.15, -0.1) is 0 Å². The number of thioether (sulfide) groups is 1. The third-order valence-corrected chi connectivity index (χ3v) is 3.67. The van der Waals surface area contributed by atoms with Gasteiger partial charge in [-0.2, -0.15) is 26.3 Å². The molecule has 1 aliphatic rings. The van der Waals surface area contributed by atoms with Crippen LogP contribution in [0.25, 0.3) is 0 Å². The van der Waals surface area contributed by atoms with E-state index in [0.717, 1.165) is 0 Å². The third-order valence-electron chi connectivity index (χ3n) is 2.94. The van der Waals surface area contributed by atoms with Crippen LogP contribution in [0.4, 0.5) is 26.3 Å². The monoisotopic (exact) mass is 295 g/mol. The van der Waals surface area contributed by atoms with Gasteiger partial charge < -0.3 is 5.32 Å². The molecule has 1 nitrogen and oxygen atoms in total. The second-order valence-electron chi connectivity index (χ2n) is 4.35. The van der Waals surface area contributed by atoms with Crippen LogP contribution in [-0.4, -0.2) is 30.0 Å². The van der Waals surface area contributed by atoms with Crippen molar-refractivity contribution in [3.05, 3.63) is 0 Å². The van der Waals surface area contributed by atoms with Gasteiger partial charge in [-0.3, -0.25) is 0 Å². The van der Waals surface area contributed by atoms with E-state index in [-0.39, 0.29) is 42.9 Å². The Morgan fingerprint density at radius 1 is 1.06 bits per heavy atom. The number of hydrogen-bond acceptors (Lipinski definition) is 2. The summed E-state index contributed by atoms with van der Waals surface area (Å²) in [4.78, 5) is 0. The van der Waals surface area contributed by atoms with Gasteiger partial charge in [-0.25, -0.2) is 0 Å². The number of halogens is 6. The molecule has 0 saturated heterocycles. The van der Waals surface area contributed by atoms with Crippen molar-refractivity contribution < 1.29 is 26.3 Å². The Bertz CT molecular complexity index is 252. The summed E-state index contributed by atoms with van der Waals surface area (Å²) in [5.41, 5.74) is -4.28. The second kappa shape index (κ2) is 6.36. The quantitative estimate of drug-likeness (QED) is 0.622. The maximum Gasteiger partial charge on any atom is 0.441 e. The molecule has 0 aromatic rings. The Morgan fingerprint density at radius 2 is 1.72 bits per heavy atom. The van der Waals surface area contributed by atoms with Crippen LogP contribution < -0.4 is 5.32 Å². The highest BCUT2D eigenvalue weighted by Crippen LogP contribution is 2.37. The fraction of sp³-hybridized carbons (Fsp3) is 1.00. The van der Waals surface area contributed by atoms with Gasteiger partial charge in [0.05, 0.1) is 5.92 Å². The van der Waals surface area contributed by atoms with E-state index in [9.17, 15) is 26.3 Å². The maximum absolute atomic E-state index is 12.5. The molecule has 1 fully saturated rings. The highest BCUT2D eigenvalue weighted by molar-refractivity contribution is 8.00. The summed E-state index contributed by atoms with van der Waals surface area (Å²) in [5, 5.41) is 2.78. The Hall–Kier alpha value is -0.110. The van der Waals surface area contributed by atoms with Crippen molar-refractivity contribution >= 4 is 11.8 Å². The molecule has 1 N–H and O–H groups in total. The maximum atomic E-state index is 12.5. The van der Waals surface area contributed by atoms with E-state index < -0.39 is 17.6 Å². The van der Waals surface area contributed by atoms with Gasteiger partial charge >= 0.3 is 11.7 Å². The smallest absolute Gasteiger partial charge is 0.313 e. The molecule has 0 spiro atoms. The van der Waals surface area contributed by atoms with Gasteiger partial charge in [0.15, 0.2) is 0 Å². The van der Waals surface area contributed by atoms with Crippen LogP contribution >= 0.6 is 11.8 Å². The van der Waals surface area contributed by atoms with Crippen LogP contribution in [0.3, 0.4) is 0 Å². The lowest BCUT2D eigenvalue weighted by Crippen LogP contribution is -2.39. The Kier molecular flexibility index (Phi) is 5.64. The molecule has 2 atom stereocenters. The molecule has 0 radical (unpaired) electrons. The summed E-state index contributed by atoms with van der Waals surface area (Å²) in [6.07, 6.45) is -3.03. The number of alkyl halides is 6. The van der Waals surface area contributed by atoms with Gasteiger partial charge in [0, 0.05) is 18.3 Å². The van der Waals surface area contributed by atoms with Crippen LogP contribution in [0.5, 0.6) is 0 Å².